The summed E-state index contributed by atoms with van der Waals surface area (Å²) in [6.07, 6.45) is 1.97. The van der Waals surface area contributed by atoms with Gasteiger partial charge in [0.15, 0.2) is 5.78 Å². The zero-order valence-corrected chi connectivity index (χ0v) is 10.3. The van der Waals surface area contributed by atoms with E-state index in [1.54, 1.807) is 0 Å². The Kier molecular flexibility index (Phi) is 7.01. The Morgan fingerprint density at radius 3 is 2.13 bits per heavy atom. The summed E-state index contributed by atoms with van der Waals surface area (Å²) in [6.45, 7) is 8.34. The first-order chi connectivity index (χ1) is 6.91. The van der Waals surface area contributed by atoms with Crippen molar-refractivity contribution in [3.05, 3.63) is 0 Å². The molecule has 88 valence electrons. The van der Waals surface area contributed by atoms with Gasteiger partial charge in [0.25, 0.3) is 0 Å². The predicted octanol–water partition coefficient (Wildman–Crippen LogP) is 2.15. The lowest BCUT2D eigenvalue weighted by atomic mass is 10.1. The monoisotopic (exact) mass is 213 g/mol. The van der Waals surface area contributed by atoms with Crippen LogP contribution in [0.1, 0.15) is 47.0 Å². The molecule has 0 fully saturated rings. The van der Waals surface area contributed by atoms with Gasteiger partial charge >= 0.3 is 0 Å². The van der Waals surface area contributed by atoms with Crippen molar-refractivity contribution in [1.29, 1.82) is 0 Å². The summed E-state index contributed by atoms with van der Waals surface area (Å²) in [5, 5.41) is 2.65. The number of ketones is 1. The van der Waals surface area contributed by atoms with Gasteiger partial charge < -0.3 is 5.32 Å². The third kappa shape index (κ3) is 9.44. The summed E-state index contributed by atoms with van der Waals surface area (Å²) in [5.41, 5.74) is 0. The van der Waals surface area contributed by atoms with Gasteiger partial charge in [-0.3, -0.25) is 9.59 Å². The topological polar surface area (TPSA) is 46.2 Å². The molecule has 0 aromatic rings. The Hall–Kier alpha value is -0.860. The second-order valence-electron chi connectivity index (χ2n) is 4.85. The van der Waals surface area contributed by atoms with Gasteiger partial charge in [0.05, 0.1) is 6.54 Å². The van der Waals surface area contributed by atoms with Gasteiger partial charge in [-0.2, -0.15) is 0 Å². The number of carbonyl (C=O) groups excluding carboxylic acids is 2. The van der Waals surface area contributed by atoms with E-state index in [9.17, 15) is 9.59 Å². The minimum Gasteiger partial charge on any atom is -0.349 e. The van der Waals surface area contributed by atoms with E-state index in [2.05, 4.69) is 19.2 Å². The van der Waals surface area contributed by atoms with Gasteiger partial charge in [0, 0.05) is 12.8 Å². The van der Waals surface area contributed by atoms with Crippen LogP contribution in [0.2, 0.25) is 0 Å². The van der Waals surface area contributed by atoms with Crippen LogP contribution in [0.3, 0.4) is 0 Å². The van der Waals surface area contributed by atoms with E-state index in [0.717, 1.165) is 6.42 Å². The van der Waals surface area contributed by atoms with Crippen LogP contribution in [-0.4, -0.2) is 18.2 Å². The van der Waals surface area contributed by atoms with E-state index < -0.39 is 0 Å². The molecule has 0 atom stereocenters. The van der Waals surface area contributed by atoms with Crippen molar-refractivity contribution in [1.82, 2.24) is 5.32 Å². The van der Waals surface area contributed by atoms with E-state index in [1.165, 1.54) is 0 Å². The fourth-order valence-corrected chi connectivity index (χ4v) is 1.18. The van der Waals surface area contributed by atoms with Gasteiger partial charge in [-0.25, -0.2) is 0 Å². The maximum atomic E-state index is 11.3. The molecule has 15 heavy (non-hydrogen) atoms. The summed E-state index contributed by atoms with van der Waals surface area (Å²) in [4.78, 5) is 22.6. The number of Topliss-reactive ketones (excluding diaryl/α,β-unsaturated/α-hetero) is 1. The van der Waals surface area contributed by atoms with Crippen LogP contribution >= 0.6 is 0 Å². The van der Waals surface area contributed by atoms with E-state index >= 15 is 0 Å². The molecule has 0 radical (unpaired) electrons. The molecule has 0 aromatic heterocycles. The van der Waals surface area contributed by atoms with E-state index in [4.69, 9.17) is 0 Å². The summed E-state index contributed by atoms with van der Waals surface area (Å²) in [7, 11) is 0. The SMILES string of the molecule is CC(C)CCC(=O)CNC(=O)CC(C)C. The van der Waals surface area contributed by atoms with Crippen LogP contribution in [0.25, 0.3) is 0 Å². The number of rotatable bonds is 7. The first-order valence-corrected chi connectivity index (χ1v) is 5.70. The molecular weight excluding hydrogens is 190 g/mol. The van der Waals surface area contributed by atoms with E-state index in [0.29, 0.717) is 24.7 Å². The lowest BCUT2D eigenvalue weighted by molar-refractivity contribution is -0.125. The van der Waals surface area contributed by atoms with E-state index in [-0.39, 0.29) is 18.2 Å². The van der Waals surface area contributed by atoms with Crippen LogP contribution < -0.4 is 5.32 Å². The molecule has 3 nitrogen and oxygen atoms in total. The molecule has 0 saturated heterocycles. The number of amides is 1. The van der Waals surface area contributed by atoms with Crippen LogP contribution in [0.15, 0.2) is 0 Å². The minimum absolute atomic E-state index is 0.0251. The number of hydrogen-bond donors (Lipinski definition) is 1. The zero-order chi connectivity index (χ0) is 11.8. The Morgan fingerprint density at radius 2 is 1.67 bits per heavy atom. The average Bonchev–Trinajstić information content (AvgIpc) is 2.10. The third-order valence-corrected chi connectivity index (χ3v) is 2.08. The molecule has 0 aliphatic rings. The second-order valence-corrected chi connectivity index (χ2v) is 4.85. The van der Waals surface area contributed by atoms with Crippen molar-refractivity contribution < 1.29 is 9.59 Å². The lowest BCUT2D eigenvalue weighted by Crippen LogP contribution is -2.30. The molecule has 0 spiro atoms. The predicted molar refractivity (Wildman–Crippen MR) is 61.5 cm³/mol. The maximum absolute atomic E-state index is 11.3. The van der Waals surface area contributed by atoms with Crippen LogP contribution in [0.5, 0.6) is 0 Å². The summed E-state index contributed by atoms with van der Waals surface area (Å²) in [5.74, 6) is 0.986. The van der Waals surface area contributed by atoms with Gasteiger partial charge in [-0.1, -0.05) is 27.7 Å². The van der Waals surface area contributed by atoms with Crippen molar-refractivity contribution in [2.45, 2.75) is 47.0 Å². The Labute approximate surface area is 92.6 Å². The molecule has 1 amide bonds. The highest BCUT2D eigenvalue weighted by Gasteiger charge is 2.07. The third-order valence-electron chi connectivity index (χ3n) is 2.08. The smallest absolute Gasteiger partial charge is 0.220 e. The Balaban J connectivity index is 3.58. The van der Waals surface area contributed by atoms with Gasteiger partial charge in [-0.05, 0) is 18.3 Å². The standard InChI is InChI=1S/C12H23NO2/c1-9(2)5-6-11(14)8-13-12(15)7-10(3)4/h9-10H,5-8H2,1-4H3,(H,13,15). The molecular formula is C12H23NO2. The molecule has 1 N–H and O–H groups in total. The molecule has 0 rings (SSSR count). The summed E-state index contributed by atoms with van der Waals surface area (Å²) >= 11 is 0. The number of hydrogen-bond acceptors (Lipinski definition) is 2. The minimum atomic E-state index is -0.0251. The average molecular weight is 213 g/mol. The molecule has 0 saturated carbocycles. The molecule has 0 aromatic carbocycles. The van der Waals surface area contributed by atoms with Crippen molar-refractivity contribution >= 4 is 11.7 Å². The first kappa shape index (κ1) is 14.1. The fourth-order valence-electron chi connectivity index (χ4n) is 1.18. The molecule has 0 heterocycles. The highest BCUT2D eigenvalue weighted by atomic mass is 16.2. The quantitative estimate of drug-likeness (QED) is 0.704. The second kappa shape index (κ2) is 7.43. The highest BCUT2D eigenvalue weighted by molar-refractivity contribution is 5.85. The van der Waals surface area contributed by atoms with E-state index in [1.807, 2.05) is 13.8 Å². The first-order valence-electron chi connectivity index (χ1n) is 5.70. The molecule has 0 bridgehead atoms. The maximum Gasteiger partial charge on any atom is 0.220 e. The summed E-state index contributed by atoms with van der Waals surface area (Å²) < 4.78 is 0. The fraction of sp³-hybridized carbons (Fsp3) is 0.833. The van der Waals surface area contributed by atoms with Crippen molar-refractivity contribution in [3.63, 3.8) is 0 Å². The molecule has 0 aliphatic carbocycles. The largest absolute Gasteiger partial charge is 0.349 e. The lowest BCUT2D eigenvalue weighted by Gasteiger charge is -2.07. The number of nitrogens with one attached hydrogen (secondary N) is 1. The van der Waals surface area contributed by atoms with Crippen LogP contribution in [-0.2, 0) is 9.59 Å². The van der Waals surface area contributed by atoms with Crippen LogP contribution in [0, 0.1) is 11.8 Å². The van der Waals surface area contributed by atoms with Crippen molar-refractivity contribution in [2.24, 2.45) is 11.8 Å². The Morgan fingerprint density at radius 1 is 1.07 bits per heavy atom. The molecule has 3 heteroatoms. The normalized spacial score (nSPS) is 10.8. The number of carbonyl (C=O) groups is 2. The molecule has 0 unspecified atom stereocenters. The summed E-state index contributed by atoms with van der Waals surface area (Å²) in [6, 6.07) is 0. The highest BCUT2D eigenvalue weighted by Crippen LogP contribution is 2.03. The van der Waals surface area contributed by atoms with Gasteiger partial charge in [0.1, 0.15) is 0 Å². The van der Waals surface area contributed by atoms with Gasteiger partial charge in [0.2, 0.25) is 5.91 Å². The van der Waals surface area contributed by atoms with Crippen LogP contribution in [0.4, 0.5) is 0 Å². The van der Waals surface area contributed by atoms with Crippen molar-refractivity contribution in [3.8, 4) is 0 Å². The van der Waals surface area contributed by atoms with Crippen molar-refractivity contribution in [2.75, 3.05) is 6.54 Å². The Bertz CT molecular complexity index is 210. The molecule has 0 aliphatic heterocycles. The van der Waals surface area contributed by atoms with Gasteiger partial charge in [-0.15, -0.1) is 0 Å². The zero-order valence-electron chi connectivity index (χ0n) is 10.3.